The third kappa shape index (κ3) is 3.49. The van der Waals surface area contributed by atoms with E-state index in [1.165, 1.54) is 24.3 Å². The van der Waals surface area contributed by atoms with Gasteiger partial charge in [-0.2, -0.15) is 8.78 Å². The smallest absolute Gasteiger partial charge is 0.323 e. The molecule has 4 aromatic rings. The maximum absolute atomic E-state index is 15.7. The number of rotatable bonds is 5. The average Bonchev–Trinajstić information content (AvgIpc) is 3.20. The van der Waals surface area contributed by atoms with E-state index in [0.717, 1.165) is 29.2 Å². The van der Waals surface area contributed by atoms with E-state index in [0.29, 0.717) is 10.4 Å². The van der Waals surface area contributed by atoms with Crippen LogP contribution in [0, 0.1) is 5.82 Å². The lowest BCUT2D eigenvalue weighted by Gasteiger charge is -2.35. The molecule has 1 atom stereocenters. The van der Waals surface area contributed by atoms with Crippen molar-refractivity contribution in [1.29, 1.82) is 0 Å². The number of aromatic nitrogens is 5. The number of halogens is 5. The first kappa shape index (κ1) is 20.5. The molecule has 4 rings (SSSR count). The van der Waals surface area contributed by atoms with Gasteiger partial charge < -0.3 is 5.11 Å². The van der Waals surface area contributed by atoms with Crippen molar-refractivity contribution in [3.8, 4) is 0 Å². The first-order valence-electron chi connectivity index (χ1n) is 8.54. The van der Waals surface area contributed by atoms with Crippen molar-refractivity contribution in [3.05, 3.63) is 82.0 Å². The van der Waals surface area contributed by atoms with Gasteiger partial charge in [-0.25, -0.2) is 14.1 Å². The van der Waals surface area contributed by atoms with E-state index in [4.69, 9.17) is 23.2 Å². The molecule has 0 fully saturated rings. The van der Waals surface area contributed by atoms with Crippen LogP contribution in [-0.4, -0.2) is 30.3 Å². The first-order chi connectivity index (χ1) is 14.2. The first-order valence-corrected chi connectivity index (χ1v) is 9.29. The normalized spacial score (nSPS) is 14.1. The Bertz CT molecular complexity index is 1220. The predicted molar refractivity (Wildman–Crippen MR) is 104 cm³/mol. The average molecular weight is 454 g/mol. The van der Waals surface area contributed by atoms with Crippen LogP contribution < -0.4 is 0 Å². The van der Waals surface area contributed by atoms with Crippen molar-refractivity contribution >= 4 is 34.1 Å². The van der Waals surface area contributed by atoms with E-state index in [1.54, 1.807) is 6.07 Å². The second-order valence-corrected chi connectivity index (χ2v) is 7.47. The minimum atomic E-state index is -4.04. The van der Waals surface area contributed by atoms with Crippen LogP contribution >= 0.6 is 23.2 Å². The summed E-state index contributed by atoms with van der Waals surface area (Å²) in [5, 5.41) is 22.4. The standard InChI is InChI=1S/C19H12Cl2F3N5O/c20-12-3-5-16-11(7-12)1-6-17(26-16)19(23,24)18(30,9-29-10-25-27-28-29)14-4-2-13(21)8-15(14)22/h1-8,10,30H,9H2. The summed E-state index contributed by atoms with van der Waals surface area (Å²) in [6, 6.07) is 10.0. The second-order valence-electron chi connectivity index (χ2n) is 6.60. The molecule has 0 aliphatic rings. The van der Waals surface area contributed by atoms with Crippen molar-refractivity contribution in [3.63, 3.8) is 0 Å². The van der Waals surface area contributed by atoms with Crippen LogP contribution in [0.25, 0.3) is 10.9 Å². The maximum atomic E-state index is 15.7. The van der Waals surface area contributed by atoms with Crippen molar-refractivity contribution in [2.45, 2.75) is 18.1 Å². The number of fused-ring (bicyclic) bond motifs is 1. The van der Waals surface area contributed by atoms with Gasteiger partial charge in [-0.1, -0.05) is 35.3 Å². The SMILES string of the molecule is OC(Cn1cnnn1)(c1ccc(Cl)cc1F)C(F)(F)c1ccc2cc(Cl)ccc2n1. The summed E-state index contributed by atoms with van der Waals surface area (Å²) >= 11 is 11.7. The summed E-state index contributed by atoms with van der Waals surface area (Å²) in [5.74, 6) is -5.15. The van der Waals surface area contributed by atoms with E-state index in [2.05, 4.69) is 20.5 Å². The minimum Gasteiger partial charge on any atom is -0.377 e. The summed E-state index contributed by atoms with van der Waals surface area (Å²) < 4.78 is 47.0. The highest BCUT2D eigenvalue weighted by Gasteiger charge is 2.58. The fourth-order valence-corrected chi connectivity index (χ4v) is 3.49. The van der Waals surface area contributed by atoms with Gasteiger partial charge in [0.15, 0.2) is 5.60 Å². The quantitative estimate of drug-likeness (QED) is 0.486. The van der Waals surface area contributed by atoms with Crippen molar-refractivity contribution in [2.75, 3.05) is 0 Å². The lowest BCUT2D eigenvalue weighted by atomic mass is 9.84. The molecule has 2 heterocycles. The zero-order valence-electron chi connectivity index (χ0n) is 15.0. The van der Waals surface area contributed by atoms with Gasteiger partial charge in [0.25, 0.3) is 0 Å². The minimum absolute atomic E-state index is 0.00922. The number of aliphatic hydroxyl groups is 1. The predicted octanol–water partition coefficient (Wildman–Crippen LogP) is 4.35. The number of tetrazole rings is 1. The van der Waals surface area contributed by atoms with Gasteiger partial charge >= 0.3 is 5.92 Å². The molecule has 6 nitrogen and oxygen atoms in total. The number of hydrogen-bond donors (Lipinski definition) is 1. The van der Waals surface area contributed by atoms with Crippen LogP contribution in [0.1, 0.15) is 11.3 Å². The maximum Gasteiger partial charge on any atom is 0.323 e. The van der Waals surface area contributed by atoms with Crippen LogP contribution in [0.4, 0.5) is 13.2 Å². The van der Waals surface area contributed by atoms with Crippen molar-refractivity contribution in [2.24, 2.45) is 0 Å². The summed E-state index contributed by atoms with van der Waals surface area (Å²) in [7, 11) is 0. The Morgan fingerprint density at radius 2 is 1.73 bits per heavy atom. The highest BCUT2D eigenvalue weighted by Crippen LogP contribution is 2.47. The van der Waals surface area contributed by atoms with E-state index in [-0.39, 0.29) is 10.5 Å². The molecule has 11 heteroatoms. The Morgan fingerprint density at radius 1 is 1.00 bits per heavy atom. The molecule has 0 aliphatic heterocycles. The topological polar surface area (TPSA) is 76.7 Å². The molecule has 2 aromatic heterocycles. The molecule has 0 saturated carbocycles. The molecular formula is C19H12Cl2F3N5O. The molecule has 30 heavy (non-hydrogen) atoms. The molecule has 0 saturated heterocycles. The molecule has 0 bridgehead atoms. The zero-order valence-corrected chi connectivity index (χ0v) is 16.5. The highest BCUT2D eigenvalue weighted by atomic mass is 35.5. The van der Waals surface area contributed by atoms with E-state index in [1.807, 2.05) is 0 Å². The third-order valence-electron chi connectivity index (χ3n) is 4.65. The molecule has 154 valence electrons. The van der Waals surface area contributed by atoms with Gasteiger partial charge in [-0.15, -0.1) is 5.10 Å². The molecule has 0 spiro atoms. The fraction of sp³-hybridized carbons (Fsp3) is 0.158. The lowest BCUT2D eigenvalue weighted by Crippen LogP contribution is -2.48. The number of hydrogen-bond acceptors (Lipinski definition) is 5. The molecule has 0 aliphatic carbocycles. The summed E-state index contributed by atoms with van der Waals surface area (Å²) in [6.45, 7) is -0.841. The Kier molecular flexibility index (Phi) is 5.13. The van der Waals surface area contributed by atoms with Crippen molar-refractivity contribution < 1.29 is 18.3 Å². The van der Waals surface area contributed by atoms with Crippen LogP contribution in [0.15, 0.2) is 54.9 Å². The number of pyridine rings is 1. The highest BCUT2D eigenvalue weighted by molar-refractivity contribution is 6.31. The van der Waals surface area contributed by atoms with E-state index in [9.17, 15) is 9.50 Å². The third-order valence-corrected chi connectivity index (χ3v) is 5.12. The Labute approximate surface area is 177 Å². The molecule has 0 radical (unpaired) electrons. The Hall–Kier alpha value is -2.75. The van der Waals surface area contributed by atoms with Gasteiger partial charge in [-0.3, -0.25) is 0 Å². The van der Waals surface area contributed by atoms with Gasteiger partial charge in [0.1, 0.15) is 17.8 Å². The lowest BCUT2D eigenvalue weighted by molar-refractivity contribution is -0.207. The van der Waals surface area contributed by atoms with Crippen LogP contribution in [-0.2, 0) is 18.1 Å². The second kappa shape index (κ2) is 7.50. The summed E-state index contributed by atoms with van der Waals surface area (Å²) in [5.41, 5.74) is -4.28. The number of nitrogens with zero attached hydrogens (tertiary/aromatic N) is 5. The fourth-order valence-electron chi connectivity index (χ4n) is 3.15. The molecule has 1 N–H and O–H groups in total. The monoisotopic (exact) mass is 453 g/mol. The summed E-state index contributed by atoms with van der Waals surface area (Å²) in [4.78, 5) is 3.98. The molecule has 2 aromatic carbocycles. The van der Waals surface area contributed by atoms with Crippen LogP contribution in [0.3, 0.4) is 0 Å². The Morgan fingerprint density at radius 3 is 2.43 bits per heavy atom. The number of benzene rings is 2. The van der Waals surface area contributed by atoms with Gasteiger partial charge in [0.05, 0.1) is 12.1 Å². The zero-order chi connectivity index (χ0) is 21.5. The van der Waals surface area contributed by atoms with Crippen LogP contribution in [0.5, 0.6) is 0 Å². The van der Waals surface area contributed by atoms with Crippen LogP contribution in [0.2, 0.25) is 10.0 Å². The van der Waals surface area contributed by atoms with Gasteiger partial charge in [0, 0.05) is 21.0 Å². The molecule has 1 unspecified atom stereocenters. The Balaban J connectivity index is 1.89. The number of alkyl halides is 2. The van der Waals surface area contributed by atoms with Crippen molar-refractivity contribution in [1.82, 2.24) is 25.2 Å². The van der Waals surface area contributed by atoms with Gasteiger partial charge in [-0.05, 0) is 46.8 Å². The van der Waals surface area contributed by atoms with E-state index >= 15 is 8.78 Å². The van der Waals surface area contributed by atoms with E-state index < -0.39 is 35.1 Å². The summed E-state index contributed by atoms with van der Waals surface area (Å²) in [6.07, 6.45) is 1.03. The largest absolute Gasteiger partial charge is 0.377 e. The van der Waals surface area contributed by atoms with Gasteiger partial charge in [0.2, 0.25) is 0 Å². The molecular weight excluding hydrogens is 442 g/mol. The molecule has 0 amide bonds.